The van der Waals surface area contributed by atoms with E-state index in [4.69, 9.17) is 5.11 Å². The van der Waals surface area contributed by atoms with E-state index in [9.17, 15) is 19.2 Å². The second-order valence-corrected chi connectivity index (χ2v) is 8.28. The van der Waals surface area contributed by atoms with E-state index in [-0.39, 0.29) is 17.9 Å². The van der Waals surface area contributed by atoms with Gasteiger partial charge in [0.1, 0.15) is 18.6 Å². The molecular formula is C18H32N4O5S. The zero-order chi connectivity index (χ0) is 21.1. The normalized spacial score (nSPS) is 18.4. The summed E-state index contributed by atoms with van der Waals surface area (Å²) in [5.41, 5.74) is 0. The number of carbonyl (C=O) groups is 4. The summed E-state index contributed by atoms with van der Waals surface area (Å²) in [6, 6.07) is -1.90. The topological polar surface area (TPSA) is 137 Å². The van der Waals surface area contributed by atoms with Crippen LogP contribution in [0.1, 0.15) is 39.5 Å². The van der Waals surface area contributed by atoms with Crippen LogP contribution in [-0.4, -0.2) is 72.0 Å². The van der Waals surface area contributed by atoms with Crippen molar-refractivity contribution < 1.29 is 24.3 Å². The Hall–Kier alpha value is -1.81. The van der Waals surface area contributed by atoms with Gasteiger partial charge in [-0.15, -0.1) is 0 Å². The Balaban J connectivity index is 2.76. The first-order valence-corrected chi connectivity index (χ1v) is 11.0. The zero-order valence-corrected chi connectivity index (χ0v) is 17.6. The van der Waals surface area contributed by atoms with Crippen LogP contribution in [-0.2, 0) is 19.2 Å². The predicted molar refractivity (Wildman–Crippen MR) is 108 cm³/mol. The standard InChI is InChI=1S/C18H32N4O5S/c1-11(2)9-14(22-17(26)12-5-4-7-19-12)18(27)21-13(6-8-28-3)16(25)20-10-15(23)24/h11-14,19H,4-10H2,1-3H3,(H,20,25)(H,21,27)(H,22,26)(H,23,24). The first-order chi connectivity index (χ1) is 13.2. The Morgan fingerprint density at radius 3 is 2.39 bits per heavy atom. The molecule has 0 bridgehead atoms. The van der Waals surface area contributed by atoms with Crippen LogP contribution in [0.4, 0.5) is 0 Å². The number of rotatable bonds is 12. The summed E-state index contributed by atoms with van der Waals surface area (Å²) in [6.07, 6.45) is 4.33. The summed E-state index contributed by atoms with van der Waals surface area (Å²) >= 11 is 1.52. The van der Waals surface area contributed by atoms with Gasteiger partial charge in [-0.1, -0.05) is 13.8 Å². The van der Waals surface area contributed by atoms with Crippen LogP contribution in [0.3, 0.4) is 0 Å². The Labute approximate surface area is 170 Å². The molecule has 0 aromatic carbocycles. The molecule has 5 N–H and O–H groups in total. The van der Waals surface area contributed by atoms with E-state index in [1.54, 1.807) is 0 Å². The van der Waals surface area contributed by atoms with Crippen LogP contribution < -0.4 is 21.3 Å². The maximum atomic E-state index is 12.8. The van der Waals surface area contributed by atoms with Crippen LogP contribution in [0.2, 0.25) is 0 Å². The molecule has 3 unspecified atom stereocenters. The lowest BCUT2D eigenvalue weighted by molar-refractivity contribution is -0.138. The van der Waals surface area contributed by atoms with Crippen LogP contribution in [0.15, 0.2) is 0 Å². The molecule has 3 amide bonds. The fourth-order valence-corrected chi connectivity index (χ4v) is 3.42. The van der Waals surface area contributed by atoms with Gasteiger partial charge in [-0.2, -0.15) is 11.8 Å². The fraction of sp³-hybridized carbons (Fsp3) is 0.778. The molecule has 1 heterocycles. The Kier molecular flexibility index (Phi) is 10.9. The van der Waals surface area contributed by atoms with Gasteiger partial charge in [0.05, 0.1) is 6.04 Å². The Morgan fingerprint density at radius 2 is 1.86 bits per heavy atom. The first-order valence-electron chi connectivity index (χ1n) is 9.57. The number of carboxylic acids is 1. The van der Waals surface area contributed by atoms with E-state index in [0.717, 1.165) is 19.4 Å². The van der Waals surface area contributed by atoms with E-state index in [1.165, 1.54) is 11.8 Å². The number of nitrogens with one attached hydrogen (secondary N) is 4. The average molecular weight is 417 g/mol. The summed E-state index contributed by atoms with van der Waals surface area (Å²) in [5.74, 6) is -1.56. The Morgan fingerprint density at radius 1 is 1.14 bits per heavy atom. The predicted octanol–water partition coefficient (Wildman–Crippen LogP) is -0.292. The maximum Gasteiger partial charge on any atom is 0.322 e. The minimum atomic E-state index is -1.16. The second-order valence-electron chi connectivity index (χ2n) is 7.29. The maximum absolute atomic E-state index is 12.8. The SMILES string of the molecule is CSCCC(NC(=O)C(CC(C)C)NC(=O)C1CCCN1)C(=O)NCC(=O)O. The molecule has 28 heavy (non-hydrogen) atoms. The smallest absolute Gasteiger partial charge is 0.322 e. The third-order valence-electron chi connectivity index (χ3n) is 4.37. The summed E-state index contributed by atoms with van der Waals surface area (Å²) in [4.78, 5) is 48.2. The number of amides is 3. The van der Waals surface area contributed by atoms with E-state index in [0.29, 0.717) is 18.6 Å². The molecule has 0 radical (unpaired) electrons. The van der Waals surface area contributed by atoms with Crippen molar-refractivity contribution in [3.05, 3.63) is 0 Å². The number of carbonyl (C=O) groups excluding carboxylic acids is 3. The highest BCUT2D eigenvalue weighted by Gasteiger charge is 2.30. The van der Waals surface area contributed by atoms with E-state index < -0.39 is 36.4 Å². The average Bonchev–Trinajstić information content (AvgIpc) is 3.16. The molecule has 0 aromatic rings. The van der Waals surface area contributed by atoms with Crippen molar-refractivity contribution in [1.29, 1.82) is 0 Å². The number of aliphatic carboxylic acids is 1. The van der Waals surface area contributed by atoms with Crippen molar-refractivity contribution in [2.45, 2.75) is 57.7 Å². The largest absolute Gasteiger partial charge is 0.480 e. The van der Waals surface area contributed by atoms with Crippen molar-refractivity contribution in [3.63, 3.8) is 0 Å². The second kappa shape index (κ2) is 12.6. The minimum Gasteiger partial charge on any atom is -0.480 e. The molecule has 0 aromatic heterocycles. The van der Waals surface area contributed by atoms with Gasteiger partial charge < -0.3 is 26.4 Å². The van der Waals surface area contributed by atoms with E-state index in [2.05, 4.69) is 21.3 Å². The van der Waals surface area contributed by atoms with Crippen LogP contribution in [0, 0.1) is 5.92 Å². The molecular weight excluding hydrogens is 384 g/mol. The molecule has 1 aliphatic heterocycles. The zero-order valence-electron chi connectivity index (χ0n) is 16.7. The van der Waals surface area contributed by atoms with Gasteiger partial charge in [-0.3, -0.25) is 19.2 Å². The lowest BCUT2D eigenvalue weighted by Gasteiger charge is -2.25. The molecule has 1 saturated heterocycles. The van der Waals surface area contributed by atoms with Gasteiger partial charge in [0.2, 0.25) is 17.7 Å². The third kappa shape index (κ3) is 8.92. The van der Waals surface area contributed by atoms with Crippen molar-refractivity contribution in [2.75, 3.05) is 25.1 Å². The molecule has 1 fully saturated rings. The van der Waals surface area contributed by atoms with Crippen LogP contribution >= 0.6 is 11.8 Å². The van der Waals surface area contributed by atoms with Crippen molar-refractivity contribution in [1.82, 2.24) is 21.3 Å². The van der Waals surface area contributed by atoms with Crippen molar-refractivity contribution >= 4 is 35.5 Å². The highest BCUT2D eigenvalue weighted by atomic mass is 32.2. The van der Waals surface area contributed by atoms with E-state index >= 15 is 0 Å². The molecule has 10 heteroatoms. The molecule has 0 spiro atoms. The van der Waals surface area contributed by atoms with Gasteiger partial charge >= 0.3 is 5.97 Å². The quantitative estimate of drug-likeness (QED) is 0.295. The monoisotopic (exact) mass is 416 g/mol. The number of hydrogen-bond acceptors (Lipinski definition) is 6. The fourth-order valence-electron chi connectivity index (χ4n) is 2.95. The first kappa shape index (κ1) is 24.2. The summed E-state index contributed by atoms with van der Waals surface area (Å²) in [6.45, 7) is 4.17. The van der Waals surface area contributed by atoms with Gasteiger partial charge in [0.25, 0.3) is 0 Å². The minimum absolute atomic E-state index is 0.165. The lowest BCUT2D eigenvalue weighted by atomic mass is 10.0. The van der Waals surface area contributed by atoms with Gasteiger partial charge in [0, 0.05) is 0 Å². The van der Waals surface area contributed by atoms with E-state index in [1.807, 2.05) is 20.1 Å². The molecule has 160 valence electrons. The van der Waals surface area contributed by atoms with Crippen LogP contribution in [0.25, 0.3) is 0 Å². The third-order valence-corrected chi connectivity index (χ3v) is 5.02. The summed E-state index contributed by atoms with van der Waals surface area (Å²) in [7, 11) is 0. The highest BCUT2D eigenvalue weighted by Crippen LogP contribution is 2.10. The summed E-state index contributed by atoms with van der Waals surface area (Å²) in [5, 5.41) is 19.6. The number of carboxylic acid groups (broad SMARTS) is 1. The number of hydrogen-bond donors (Lipinski definition) is 5. The lowest BCUT2D eigenvalue weighted by Crippen LogP contribution is -2.56. The summed E-state index contributed by atoms with van der Waals surface area (Å²) < 4.78 is 0. The van der Waals surface area contributed by atoms with Crippen molar-refractivity contribution in [2.24, 2.45) is 5.92 Å². The highest BCUT2D eigenvalue weighted by molar-refractivity contribution is 7.98. The number of thioether (sulfide) groups is 1. The molecule has 1 aliphatic rings. The van der Waals surface area contributed by atoms with Crippen molar-refractivity contribution in [3.8, 4) is 0 Å². The Bertz CT molecular complexity index is 552. The molecule has 0 saturated carbocycles. The van der Waals surface area contributed by atoms with Gasteiger partial charge in [-0.05, 0) is 50.2 Å². The molecule has 3 atom stereocenters. The van der Waals surface area contributed by atoms with Crippen LogP contribution in [0.5, 0.6) is 0 Å². The molecule has 1 rings (SSSR count). The van der Waals surface area contributed by atoms with Gasteiger partial charge in [0.15, 0.2) is 0 Å². The van der Waals surface area contributed by atoms with Gasteiger partial charge in [-0.25, -0.2) is 0 Å². The molecule has 9 nitrogen and oxygen atoms in total. The molecule has 0 aliphatic carbocycles.